The van der Waals surface area contributed by atoms with Crippen molar-refractivity contribution in [3.8, 4) is 0 Å². The molecule has 1 atom stereocenters. The molecule has 1 saturated carbocycles. The second-order valence-corrected chi connectivity index (χ2v) is 6.79. The molecule has 0 bridgehead atoms. The minimum absolute atomic E-state index is 0.454. The average molecular weight is 272 g/mol. The SMILES string of the molecule is CCNC(C)c1ccc(N2CC3(CCCCC3)C2)cc1. The molecule has 20 heavy (non-hydrogen) atoms. The molecule has 2 aliphatic rings. The Hall–Kier alpha value is -1.02. The number of nitrogens with one attached hydrogen (secondary N) is 1. The van der Waals surface area contributed by atoms with E-state index in [2.05, 4.69) is 48.3 Å². The van der Waals surface area contributed by atoms with E-state index >= 15 is 0 Å². The van der Waals surface area contributed by atoms with Crippen LogP contribution in [0.2, 0.25) is 0 Å². The van der Waals surface area contributed by atoms with Gasteiger partial charge in [0, 0.05) is 30.2 Å². The molecule has 1 aliphatic carbocycles. The Morgan fingerprint density at radius 2 is 1.75 bits per heavy atom. The fraction of sp³-hybridized carbons (Fsp3) is 0.667. The highest BCUT2D eigenvalue weighted by Crippen LogP contribution is 2.45. The van der Waals surface area contributed by atoms with E-state index in [9.17, 15) is 0 Å². The fourth-order valence-electron chi connectivity index (χ4n) is 3.96. The molecule has 2 nitrogen and oxygen atoms in total. The minimum atomic E-state index is 0.454. The summed E-state index contributed by atoms with van der Waals surface area (Å²) >= 11 is 0. The Kier molecular flexibility index (Phi) is 4.02. The van der Waals surface area contributed by atoms with E-state index in [-0.39, 0.29) is 0 Å². The minimum Gasteiger partial charge on any atom is -0.370 e. The Bertz CT molecular complexity index is 423. The van der Waals surface area contributed by atoms with E-state index in [0.29, 0.717) is 11.5 Å². The van der Waals surface area contributed by atoms with Crippen molar-refractivity contribution >= 4 is 5.69 Å². The zero-order valence-electron chi connectivity index (χ0n) is 13.0. The first-order valence-electron chi connectivity index (χ1n) is 8.31. The smallest absolute Gasteiger partial charge is 0.0366 e. The number of rotatable bonds is 4. The zero-order valence-corrected chi connectivity index (χ0v) is 13.0. The predicted molar refractivity (Wildman–Crippen MR) is 86.3 cm³/mol. The lowest BCUT2D eigenvalue weighted by Crippen LogP contribution is -2.57. The van der Waals surface area contributed by atoms with E-state index in [1.807, 2.05) is 0 Å². The standard InChI is InChI=1S/C18H28N2/c1-3-19-15(2)16-7-9-17(10-8-16)20-13-18(14-20)11-5-4-6-12-18/h7-10,15,19H,3-6,11-14H2,1-2H3. The summed E-state index contributed by atoms with van der Waals surface area (Å²) in [6.07, 6.45) is 7.27. The van der Waals surface area contributed by atoms with E-state index < -0.39 is 0 Å². The van der Waals surface area contributed by atoms with Crippen molar-refractivity contribution in [2.75, 3.05) is 24.5 Å². The molecular weight excluding hydrogens is 244 g/mol. The van der Waals surface area contributed by atoms with Crippen LogP contribution in [0.3, 0.4) is 0 Å². The summed E-state index contributed by atoms with van der Waals surface area (Å²) in [6.45, 7) is 8.00. The molecule has 1 N–H and O–H groups in total. The van der Waals surface area contributed by atoms with Gasteiger partial charge in [0.15, 0.2) is 0 Å². The van der Waals surface area contributed by atoms with Crippen molar-refractivity contribution in [3.05, 3.63) is 29.8 Å². The molecule has 0 aromatic heterocycles. The third-order valence-corrected chi connectivity index (χ3v) is 5.24. The normalized spacial score (nSPS) is 22.6. The first kappa shape index (κ1) is 13.9. The lowest BCUT2D eigenvalue weighted by Gasteiger charge is -2.53. The first-order valence-corrected chi connectivity index (χ1v) is 8.31. The van der Waals surface area contributed by atoms with Crippen LogP contribution in [-0.4, -0.2) is 19.6 Å². The Balaban J connectivity index is 1.59. The Labute approximate surface area is 123 Å². The fourth-order valence-corrected chi connectivity index (χ4v) is 3.96. The van der Waals surface area contributed by atoms with Gasteiger partial charge in [-0.2, -0.15) is 0 Å². The second-order valence-electron chi connectivity index (χ2n) is 6.79. The number of anilines is 1. The Morgan fingerprint density at radius 1 is 1.10 bits per heavy atom. The van der Waals surface area contributed by atoms with E-state index in [1.165, 1.54) is 56.4 Å². The van der Waals surface area contributed by atoms with Gasteiger partial charge in [-0.15, -0.1) is 0 Å². The second kappa shape index (κ2) is 5.77. The summed E-state index contributed by atoms with van der Waals surface area (Å²) in [7, 11) is 0. The van der Waals surface area contributed by atoms with Crippen LogP contribution in [0.25, 0.3) is 0 Å². The van der Waals surface area contributed by atoms with Crippen molar-refractivity contribution in [3.63, 3.8) is 0 Å². The molecule has 2 fully saturated rings. The van der Waals surface area contributed by atoms with Crippen molar-refractivity contribution in [1.29, 1.82) is 0 Å². The average Bonchev–Trinajstić information content (AvgIpc) is 2.46. The highest BCUT2D eigenvalue weighted by molar-refractivity contribution is 5.51. The molecular formula is C18H28N2. The van der Waals surface area contributed by atoms with Gasteiger partial charge in [-0.05, 0) is 44.0 Å². The van der Waals surface area contributed by atoms with Gasteiger partial charge < -0.3 is 10.2 Å². The molecule has 1 spiro atoms. The zero-order chi connectivity index (χ0) is 14.0. The summed E-state index contributed by atoms with van der Waals surface area (Å²) in [6, 6.07) is 9.64. The molecule has 1 unspecified atom stereocenters. The maximum absolute atomic E-state index is 3.47. The van der Waals surface area contributed by atoms with E-state index in [4.69, 9.17) is 0 Å². The van der Waals surface area contributed by atoms with Gasteiger partial charge in [0.05, 0.1) is 0 Å². The number of hydrogen-bond donors (Lipinski definition) is 1. The van der Waals surface area contributed by atoms with Crippen LogP contribution in [0.1, 0.15) is 57.6 Å². The summed E-state index contributed by atoms with van der Waals surface area (Å²) in [5.74, 6) is 0. The molecule has 3 rings (SSSR count). The highest BCUT2D eigenvalue weighted by atomic mass is 15.2. The van der Waals surface area contributed by atoms with Crippen LogP contribution < -0.4 is 10.2 Å². The van der Waals surface area contributed by atoms with Crippen LogP contribution in [-0.2, 0) is 0 Å². The lowest BCUT2D eigenvalue weighted by molar-refractivity contribution is 0.139. The van der Waals surface area contributed by atoms with E-state index in [1.54, 1.807) is 0 Å². The number of benzene rings is 1. The van der Waals surface area contributed by atoms with Crippen LogP contribution in [0.15, 0.2) is 24.3 Å². The topological polar surface area (TPSA) is 15.3 Å². The Morgan fingerprint density at radius 3 is 2.35 bits per heavy atom. The van der Waals surface area contributed by atoms with Crippen molar-refractivity contribution in [1.82, 2.24) is 5.32 Å². The molecule has 2 heteroatoms. The summed E-state index contributed by atoms with van der Waals surface area (Å²) in [4.78, 5) is 2.56. The van der Waals surface area contributed by atoms with Gasteiger partial charge in [0.2, 0.25) is 0 Å². The molecule has 1 aromatic rings. The maximum Gasteiger partial charge on any atom is 0.0366 e. The quantitative estimate of drug-likeness (QED) is 0.886. The van der Waals surface area contributed by atoms with Crippen LogP contribution >= 0.6 is 0 Å². The van der Waals surface area contributed by atoms with Crippen LogP contribution in [0, 0.1) is 5.41 Å². The highest BCUT2D eigenvalue weighted by Gasteiger charge is 2.43. The van der Waals surface area contributed by atoms with E-state index in [0.717, 1.165) is 6.54 Å². The van der Waals surface area contributed by atoms with Crippen molar-refractivity contribution in [2.24, 2.45) is 5.41 Å². The summed E-state index contributed by atoms with van der Waals surface area (Å²) in [5.41, 5.74) is 3.48. The molecule has 0 radical (unpaired) electrons. The van der Waals surface area contributed by atoms with Crippen LogP contribution in [0.5, 0.6) is 0 Å². The van der Waals surface area contributed by atoms with Crippen molar-refractivity contribution in [2.45, 2.75) is 52.0 Å². The van der Waals surface area contributed by atoms with Gasteiger partial charge in [-0.3, -0.25) is 0 Å². The predicted octanol–water partition coefficient (Wildman–Crippen LogP) is 4.13. The third-order valence-electron chi connectivity index (χ3n) is 5.24. The largest absolute Gasteiger partial charge is 0.370 e. The number of nitrogens with zero attached hydrogens (tertiary/aromatic N) is 1. The first-order chi connectivity index (χ1) is 9.72. The summed E-state index contributed by atoms with van der Waals surface area (Å²) in [5, 5.41) is 3.47. The molecule has 1 aliphatic heterocycles. The molecule has 0 amide bonds. The molecule has 1 heterocycles. The molecule has 1 aromatic carbocycles. The van der Waals surface area contributed by atoms with Gasteiger partial charge in [-0.1, -0.05) is 38.3 Å². The monoisotopic (exact) mass is 272 g/mol. The van der Waals surface area contributed by atoms with Gasteiger partial charge in [-0.25, -0.2) is 0 Å². The third kappa shape index (κ3) is 2.71. The lowest BCUT2D eigenvalue weighted by atomic mass is 9.68. The van der Waals surface area contributed by atoms with Crippen molar-refractivity contribution < 1.29 is 0 Å². The molecule has 110 valence electrons. The number of hydrogen-bond acceptors (Lipinski definition) is 2. The maximum atomic E-state index is 3.47. The van der Waals surface area contributed by atoms with Gasteiger partial charge in [0.1, 0.15) is 0 Å². The summed E-state index contributed by atoms with van der Waals surface area (Å²) < 4.78 is 0. The van der Waals surface area contributed by atoms with Gasteiger partial charge in [0.25, 0.3) is 0 Å². The van der Waals surface area contributed by atoms with Crippen LogP contribution in [0.4, 0.5) is 5.69 Å². The van der Waals surface area contributed by atoms with Gasteiger partial charge >= 0.3 is 0 Å². The molecule has 1 saturated heterocycles.